The first kappa shape index (κ1) is 7.58. The second kappa shape index (κ2) is 2.26. The highest BCUT2D eigenvalue weighted by atomic mass is 16.4. The van der Waals surface area contributed by atoms with Crippen LogP contribution in [-0.2, 0) is 4.79 Å². The minimum absolute atomic E-state index is 0.160. The predicted octanol–water partition coefficient (Wildman–Crippen LogP) is 1.90. The van der Waals surface area contributed by atoms with Gasteiger partial charge in [-0.3, -0.25) is 4.79 Å². The smallest absolute Gasteiger partial charge is 0.306 e. The average molecular weight is 142 g/mol. The van der Waals surface area contributed by atoms with Crippen LogP contribution in [0.1, 0.15) is 33.1 Å². The summed E-state index contributed by atoms with van der Waals surface area (Å²) in [7, 11) is 0. The molecule has 1 fully saturated rings. The molecule has 2 heteroatoms. The van der Waals surface area contributed by atoms with Crippen LogP contribution in [0.15, 0.2) is 0 Å². The Morgan fingerprint density at radius 1 is 1.70 bits per heavy atom. The molecule has 0 unspecified atom stereocenters. The molecule has 0 aromatic rings. The van der Waals surface area contributed by atoms with Crippen molar-refractivity contribution in [3.05, 3.63) is 0 Å². The molecule has 0 aromatic heterocycles. The van der Waals surface area contributed by atoms with E-state index in [1.165, 1.54) is 12.8 Å². The first-order valence-corrected chi connectivity index (χ1v) is 3.76. The molecular weight excluding hydrogens is 128 g/mol. The van der Waals surface area contributed by atoms with Crippen molar-refractivity contribution in [2.75, 3.05) is 0 Å². The lowest BCUT2D eigenvalue weighted by atomic mass is 9.95. The number of hydrogen-bond acceptors (Lipinski definition) is 1. The molecule has 0 spiro atoms. The van der Waals surface area contributed by atoms with Gasteiger partial charge >= 0.3 is 5.97 Å². The van der Waals surface area contributed by atoms with Gasteiger partial charge < -0.3 is 5.11 Å². The molecule has 0 bridgehead atoms. The molecular formula is C8H14O2. The zero-order chi connectivity index (χ0) is 7.78. The van der Waals surface area contributed by atoms with Gasteiger partial charge in [-0.1, -0.05) is 13.8 Å². The third kappa shape index (κ3) is 1.72. The highest BCUT2D eigenvalue weighted by Crippen LogP contribution is 2.49. The molecule has 0 radical (unpaired) electrons. The minimum atomic E-state index is -0.659. The third-order valence-corrected chi connectivity index (χ3v) is 2.32. The van der Waals surface area contributed by atoms with Gasteiger partial charge in [0, 0.05) is 0 Å². The Labute approximate surface area is 61.2 Å². The number of carboxylic acids is 1. The summed E-state index contributed by atoms with van der Waals surface area (Å²) in [5.41, 5.74) is 0.373. The van der Waals surface area contributed by atoms with Gasteiger partial charge in [0.25, 0.3) is 0 Å². The Bertz CT molecular complexity index is 147. The molecule has 0 amide bonds. The lowest BCUT2D eigenvalue weighted by Gasteiger charge is -2.10. The van der Waals surface area contributed by atoms with E-state index in [1.807, 2.05) is 0 Å². The second-order valence-corrected chi connectivity index (χ2v) is 3.75. The van der Waals surface area contributed by atoms with Crippen molar-refractivity contribution in [2.45, 2.75) is 33.1 Å². The fourth-order valence-electron chi connectivity index (χ4n) is 1.24. The standard InChI is InChI=1S/C8H14O2/c1-6(7(9)10)5-8(2)3-4-8/h6H,3-5H2,1-2H3,(H,9,10)/t6-/m0/s1. The van der Waals surface area contributed by atoms with Crippen LogP contribution in [-0.4, -0.2) is 11.1 Å². The molecule has 10 heavy (non-hydrogen) atoms. The zero-order valence-corrected chi connectivity index (χ0v) is 6.55. The van der Waals surface area contributed by atoms with E-state index >= 15 is 0 Å². The summed E-state index contributed by atoms with van der Waals surface area (Å²) in [6, 6.07) is 0. The van der Waals surface area contributed by atoms with Crippen LogP contribution in [0.4, 0.5) is 0 Å². The fourth-order valence-corrected chi connectivity index (χ4v) is 1.24. The first-order valence-electron chi connectivity index (χ1n) is 3.76. The van der Waals surface area contributed by atoms with E-state index in [4.69, 9.17) is 5.11 Å². The molecule has 58 valence electrons. The molecule has 0 aliphatic heterocycles. The van der Waals surface area contributed by atoms with Crippen LogP contribution >= 0.6 is 0 Å². The van der Waals surface area contributed by atoms with Crippen molar-refractivity contribution < 1.29 is 9.90 Å². The molecule has 1 rings (SSSR count). The van der Waals surface area contributed by atoms with Crippen molar-refractivity contribution >= 4 is 5.97 Å². The topological polar surface area (TPSA) is 37.3 Å². The molecule has 0 heterocycles. The molecule has 1 atom stereocenters. The summed E-state index contributed by atoms with van der Waals surface area (Å²) in [6.45, 7) is 3.94. The number of carboxylic acid groups (broad SMARTS) is 1. The molecule has 0 saturated heterocycles. The van der Waals surface area contributed by atoms with Crippen LogP contribution in [0, 0.1) is 11.3 Å². The number of aliphatic carboxylic acids is 1. The maximum atomic E-state index is 10.4. The summed E-state index contributed by atoms with van der Waals surface area (Å²) >= 11 is 0. The van der Waals surface area contributed by atoms with Crippen molar-refractivity contribution in [1.82, 2.24) is 0 Å². The van der Waals surface area contributed by atoms with Gasteiger partial charge in [0.15, 0.2) is 0 Å². The van der Waals surface area contributed by atoms with Gasteiger partial charge in [-0.25, -0.2) is 0 Å². The van der Waals surface area contributed by atoms with E-state index < -0.39 is 5.97 Å². The summed E-state index contributed by atoms with van der Waals surface area (Å²) in [6.07, 6.45) is 3.28. The quantitative estimate of drug-likeness (QED) is 0.653. The van der Waals surface area contributed by atoms with Crippen molar-refractivity contribution in [3.63, 3.8) is 0 Å². The van der Waals surface area contributed by atoms with Gasteiger partial charge in [0.2, 0.25) is 0 Å². The molecule has 1 saturated carbocycles. The molecule has 2 nitrogen and oxygen atoms in total. The molecule has 1 aliphatic carbocycles. The van der Waals surface area contributed by atoms with Crippen molar-refractivity contribution in [2.24, 2.45) is 11.3 Å². The molecule has 1 aliphatic rings. The summed E-state index contributed by atoms with van der Waals surface area (Å²) in [5.74, 6) is -0.819. The van der Waals surface area contributed by atoms with Gasteiger partial charge in [-0.15, -0.1) is 0 Å². The van der Waals surface area contributed by atoms with Gasteiger partial charge in [0.05, 0.1) is 5.92 Å². The molecule has 0 aromatic carbocycles. The van der Waals surface area contributed by atoms with E-state index in [0.717, 1.165) is 6.42 Å². The van der Waals surface area contributed by atoms with Crippen LogP contribution in [0.3, 0.4) is 0 Å². The van der Waals surface area contributed by atoms with Gasteiger partial charge in [0.1, 0.15) is 0 Å². The summed E-state index contributed by atoms with van der Waals surface area (Å²) < 4.78 is 0. The summed E-state index contributed by atoms with van der Waals surface area (Å²) in [4.78, 5) is 10.4. The lowest BCUT2D eigenvalue weighted by Crippen LogP contribution is -2.13. The Kier molecular flexibility index (Phi) is 1.71. The Morgan fingerprint density at radius 2 is 2.20 bits per heavy atom. The van der Waals surface area contributed by atoms with E-state index in [-0.39, 0.29) is 5.92 Å². The Balaban J connectivity index is 2.31. The normalized spacial score (nSPS) is 23.8. The average Bonchev–Trinajstić information content (AvgIpc) is 2.47. The van der Waals surface area contributed by atoms with E-state index in [1.54, 1.807) is 6.92 Å². The Hall–Kier alpha value is -0.530. The van der Waals surface area contributed by atoms with Crippen LogP contribution in [0.25, 0.3) is 0 Å². The monoisotopic (exact) mass is 142 g/mol. The lowest BCUT2D eigenvalue weighted by molar-refractivity contribution is -0.141. The highest BCUT2D eigenvalue weighted by Gasteiger charge is 2.39. The maximum Gasteiger partial charge on any atom is 0.306 e. The van der Waals surface area contributed by atoms with Gasteiger partial charge in [-0.05, 0) is 24.7 Å². The van der Waals surface area contributed by atoms with E-state index in [0.29, 0.717) is 5.41 Å². The SMILES string of the molecule is C[C@@H](CC1(C)CC1)C(=O)O. The highest BCUT2D eigenvalue weighted by molar-refractivity contribution is 5.69. The van der Waals surface area contributed by atoms with E-state index in [9.17, 15) is 4.79 Å². The number of rotatable bonds is 3. The Morgan fingerprint density at radius 3 is 2.50 bits per heavy atom. The van der Waals surface area contributed by atoms with Gasteiger partial charge in [-0.2, -0.15) is 0 Å². The van der Waals surface area contributed by atoms with Crippen LogP contribution in [0.2, 0.25) is 0 Å². The van der Waals surface area contributed by atoms with E-state index in [2.05, 4.69) is 6.92 Å². The number of carbonyl (C=O) groups is 1. The predicted molar refractivity (Wildman–Crippen MR) is 38.8 cm³/mol. The third-order valence-electron chi connectivity index (χ3n) is 2.32. The maximum absolute atomic E-state index is 10.4. The molecule has 1 N–H and O–H groups in total. The largest absolute Gasteiger partial charge is 0.481 e. The van der Waals surface area contributed by atoms with Crippen LogP contribution in [0.5, 0.6) is 0 Å². The fraction of sp³-hybridized carbons (Fsp3) is 0.875. The first-order chi connectivity index (χ1) is 4.53. The van der Waals surface area contributed by atoms with Crippen molar-refractivity contribution in [1.29, 1.82) is 0 Å². The van der Waals surface area contributed by atoms with Crippen LogP contribution < -0.4 is 0 Å². The zero-order valence-electron chi connectivity index (χ0n) is 6.55. The second-order valence-electron chi connectivity index (χ2n) is 3.75. The number of hydrogen-bond donors (Lipinski definition) is 1. The van der Waals surface area contributed by atoms with Crippen molar-refractivity contribution in [3.8, 4) is 0 Å². The summed E-state index contributed by atoms with van der Waals surface area (Å²) in [5, 5.41) is 8.57. The minimum Gasteiger partial charge on any atom is -0.481 e.